The number of carbonyl (C=O) groups is 1. The van der Waals surface area contributed by atoms with E-state index in [0.717, 1.165) is 16.6 Å². The smallest absolute Gasteiger partial charge is 0.167 e. The molecule has 0 bridgehead atoms. The van der Waals surface area contributed by atoms with Crippen molar-refractivity contribution in [3.05, 3.63) is 72.1 Å². The van der Waals surface area contributed by atoms with Crippen LogP contribution >= 0.6 is 0 Å². The number of nitrogens with zero attached hydrogens (tertiary/aromatic N) is 1. The zero-order valence-corrected chi connectivity index (χ0v) is 13.3. The van der Waals surface area contributed by atoms with Crippen molar-refractivity contribution in [1.29, 1.82) is 0 Å². The van der Waals surface area contributed by atoms with Gasteiger partial charge in [-0.05, 0) is 30.7 Å². The Kier molecular flexibility index (Phi) is 5.04. The van der Waals surface area contributed by atoms with Crippen molar-refractivity contribution >= 4 is 42.6 Å². The molecule has 0 fully saturated rings. The number of imidazole rings is 1. The lowest BCUT2D eigenvalue weighted by Gasteiger charge is -2.07. The number of rotatable bonds is 4. The first kappa shape index (κ1) is 17.3. The van der Waals surface area contributed by atoms with Crippen LogP contribution in [-0.2, 0) is 4.79 Å². The maximum Gasteiger partial charge on any atom is 0.167 e. The van der Waals surface area contributed by atoms with Crippen LogP contribution in [0.2, 0.25) is 0 Å². The van der Waals surface area contributed by atoms with Crippen molar-refractivity contribution in [1.82, 2.24) is 9.97 Å². The fourth-order valence-corrected chi connectivity index (χ4v) is 2.47. The highest BCUT2D eigenvalue weighted by molar-refractivity contribution is 6.25. The number of ketones is 1. The zero-order valence-electron chi connectivity index (χ0n) is 13.3. The summed E-state index contributed by atoms with van der Waals surface area (Å²) < 4.78 is 0. The number of hydrogen-bond acceptors (Lipinski definition) is 3. The number of para-hydroxylation sites is 2. The molecular weight excluding hydrogens is 299 g/mol. The van der Waals surface area contributed by atoms with E-state index in [0.29, 0.717) is 11.4 Å². The molecule has 2 aromatic carbocycles. The van der Waals surface area contributed by atoms with Crippen LogP contribution in [-0.4, -0.2) is 29.3 Å². The number of aliphatic hydroxyl groups excluding tert-OH is 1. The third-order valence-corrected chi connectivity index (χ3v) is 3.61. The summed E-state index contributed by atoms with van der Waals surface area (Å²) in [5.74, 6) is 0.00558. The number of aromatic amines is 1. The molecule has 0 spiro atoms. The highest BCUT2D eigenvalue weighted by Crippen LogP contribution is 2.26. The minimum atomic E-state index is -0.259. The highest BCUT2D eigenvalue weighted by Gasteiger charge is 2.19. The Morgan fingerprint density at radius 1 is 1.21 bits per heavy atom. The summed E-state index contributed by atoms with van der Waals surface area (Å²) in [5.41, 5.74) is 3.14. The number of hydrogen-bond donors (Lipinski definition) is 2. The molecule has 0 amide bonds. The molecule has 0 saturated carbocycles. The first-order valence-corrected chi connectivity index (χ1v) is 7.22. The SMILES string of the molecule is C=Cc1cccc(C(O)=C(C(C)=O)c2nc3ccccc3[nH]2)c1.[B]. The minimum Gasteiger partial charge on any atom is -0.506 e. The molecule has 3 rings (SSSR count). The summed E-state index contributed by atoms with van der Waals surface area (Å²) in [4.78, 5) is 19.6. The van der Waals surface area contributed by atoms with Gasteiger partial charge in [0.15, 0.2) is 5.78 Å². The van der Waals surface area contributed by atoms with Crippen molar-refractivity contribution in [2.45, 2.75) is 6.92 Å². The van der Waals surface area contributed by atoms with Gasteiger partial charge in [-0.15, -0.1) is 0 Å². The average molecular weight is 315 g/mol. The second-order valence-corrected chi connectivity index (χ2v) is 5.21. The van der Waals surface area contributed by atoms with E-state index in [-0.39, 0.29) is 25.5 Å². The van der Waals surface area contributed by atoms with Crippen molar-refractivity contribution in [3.63, 3.8) is 0 Å². The van der Waals surface area contributed by atoms with E-state index < -0.39 is 0 Å². The number of nitrogens with one attached hydrogen (secondary N) is 1. The average Bonchev–Trinajstić information content (AvgIpc) is 2.97. The van der Waals surface area contributed by atoms with E-state index in [2.05, 4.69) is 16.5 Å². The van der Waals surface area contributed by atoms with Gasteiger partial charge in [0.05, 0.1) is 11.0 Å². The van der Waals surface area contributed by atoms with Gasteiger partial charge in [-0.3, -0.25) is 4.79 Å². The Morgan fingerprint density at radius 3 is 2.62 bits per heavy atom. The lowest BCUT2D eigenvalue weighted by Crippen LogP contribution is -2.02. The Hall–Kier alpha value is -3.08. The van der Waals surface area contributed by atoms with Crippen molar-refractivity contribution in [3.8, 4) is 0 Å². The van der Waals surface area contributed by atoms with Crippen LogP contribution in [0.4, 0.5) is 0 Å². The molecule has 0 unspecified atom stereocenters. The Labute approximate surface area is 142 Å². The highest BCUT2D eigenvalue weighted by atomic mass is 16.3. The van der Waals surface area contributed by atoms with Crippen molar-refractivity contribution in [2.75, 3.05) is 0 Å². The summed E-state index contributed by atoms with van der Waals surface area (Å²) in [6.45, 7) is 5.13. The first-order chi connectivity index (χ1) is 11.1. The Balaban J connectivity index is 0.00000208. The van der Waals surface area contributed by atoms with E-state index in [1.165, 1.54) is 6.92 Å². The summed E-state index contributed by atoms with van der Waals surface area (Å²) >= 11 is 0. The Morgan fingerprint density at radius 2 is 1.96 bits per heavy atom. The maximum atomic E-state index is 12.1. The topological polar surface area (TPSA) is 66.0 Å². The van der Waals surface area contributed by atoms with Crippen molar-refractivity contribution in [2.24, 2.45) is 0 Å². The first-order valence-electron chi connectivity index (χ1n) is 7.22. The van der Waals surface area contributed by atoms with E-state index in [4.69, 9.17) is 0 Å². The van der Waals surface area contributed by atoms with E-state index in [9.17, 15) is 9.90 Å². The summed E-state index contributed by atoms with van der Waals surface area (Å²) in [6.07, 6.45) is 1.69. The van der Waals surface area contributed by atoms with Gasteiger partial charge in [0.25, 0.3) is 0 Å². The van der Waals surface area contributed by atoms with Gasteiger partial charge in [0.2, 0.25) is 0 Å². The standard InChI is InChI=1S/C19H16N2O2.B/c1-3-13-7-6-8-14(11-13)18(23)17(12(2)22)19-20-15-9-4-5-10-16(15)21-19;/h3-11,23H,1H2,2H3,(H,20,21);. The molecule has 1 aromatic heterocycles. The van der Waals surface area contributed by atoms with E-state index >= 15 is 0 Å². The quantitative estimate of drug-likeness (QED) is 0.437. The normalized spacial score (nSPS) is 11.5. The van der Waals surface area contributed by atoms with Gasteiger partial charge < -0.3 is 10.1 Å². The molecule has 4 nitrogen and oxygen atoms in total. The number of H-pyrrole nitrogens is 1. The molecule has 1 heterocycles. The van der Waals surface area contributed by atoms with Gasteiger partial charge in [-0.25, -0.2) is 4.98 Å². The number of carbonyl (C=O) groups excluding carboxylic acids is 1. The number of benzene rings is 2. The molecule has 0 saturated heterocycles. The second kappa shape index (κ2) is 7.00. The minimum absolute atomic E-state index is 0. The molecule has 3 radical (unpaired) electrons. The maximum absolute atomic E-state index is 12.1. The largest absolute Gasteiger partial charge is 0.506 e. The second-order valence-electron chi connectivity index (χ2n) is 5.21. The molecule has 0 aliphatic heterocycles. The van der Waals surface area contributed by atoms with Crippen LogP contribution < -0.4 is 0 Å². The lowest BCUT2D eigenvalue weighted by atomic mass is 10.0. The van der Waals surface area contributed by atoms with Crippen LogP contribution in [0.5, 0.6) is 0 Å². The summed E-state index contributed by atoms with van der Waals surface area (Å²) in [7, 11) is 0. The van der Waals surface area contributed by atoms with E-state index in [1.807, 2.05) is 30.3 Å². The molecule has 2 N–H and O–H groups in total. The fourth-order valence-electron chi connectivity index (χ4n) is 2.47. The van der Waals surface area contributed by atoms with Gasteiger partial charge in [-0.2, -0.15) is 0 Å². The number of aromatic nitrogens is 2. The predicted molar refractivity (Wildman–Crippen MR) is 98.5 cm³/mol. The predicted octanol–water partition coefficient (Wildman–Crippen LogP) is 3.84. The van der Waals surface area contributed by atoms with Crippen LogP contribution in [0, 0.1) is 0 Å². The molecule has 0 aliphatic rings. The van der Waals surface area contributed by atoms with Gasteiger partial charge in [0.1, 0.15) is 17.2 Å². The zero-order chi connectivity index (χ0) is 16.4. The summed E-state index contributed by atoms with van der Waals surface area (Å²) in [6, 6.07) is 14.7. The molecule has 0 aliphatic carbocycles. The summed E-state index contributed by atoms with van der Waals surface area (Å²) in [5, 5.41) is 10.6. The Bertz CT molecular complexity index is 908. The van der Waals surface area contributed by atoms with Crippen LogP contribution in [0.25, 0.3) is 28.4 Å². The van der Waals surface area contributed by atoms with Crippen LogP contribution in [0.1, 0.15) is 23.9 Å². The van der Waals surface area contributed by atoms with E-state index in [1.54, 1.807) is 24.3 Å². The number of allylic oxidation sites excluding steroid dienone is 1. The van der Waals surface area contributed by atoms with Gasteiger partial charge >= 0.3 is 0 Å². The molecule has 24 heavy (non-hydrogen) atoms. The molecule has 117 valence electrons. The lowest BCUT2D eigenvalue weighted by molar-refractivity contribution is -0.111. The third-order valence-electron chi connectivity index (χ3n) is 3.61. The van der Waals surface area contributed by atoms with Gasteiger partial charge in [0, 0.05) is 14.0 Å². The van der Waals surface area contributed by atoms with Gasteiger partial charge in [-0.1, -0.05) is 43.0 Å². The number of aliphatic hydroxyl groups is 1. The molecule has 5 heteroatoms. The van der Waals surface area contributed by atoms with Crippen molar-refractivity contribution < 1.29 is 9.90 Å². The fraction of sp³-hybridized carbons (Fsp3) is 0.0526. The van der Waals surface area contributed by atoms with Crippen LogP contribution in [0.3, 0.4) is 0 Å². The molecule has 3 aromatic rings. The monoisotopic (exact) mass is 315 g/mol. The third kappa shape index (κ3) is 3.15. The number of Topliss-reactive ketones (excluding diaryl/α,β-unsaturated/α-hetero) is 1. The van der Waals surface area contributed by atoms with Crippen LogP contribution in [0.15, 0.2) is 55.1 Å². The molecule has 0 atom stereocenters. The number of fused-ring (bicyclic) bond motifs is 1. The molecular formula is C19H16BN2O2.